The van der Waals surface area contributed by atoms with Crippen LogP contribution in [0, 0.1) is 5.92 Å². The second kappa shape index (κ2) is 4.23. The summed E-state index contributed by atoms with van der Waals surface area (Å²) in [6.07, 6.45) is 0. The number of rotatable bonds is 4. The van der Waals surface area contributed by atoms with Crippen LogP contribution in [-0.4, -0.2) is 21.9 Å². The Bertz CT molecular complexity index is 248. The first-order valence-corrected chi connectivity index (χ1v) is 4.35. The molecule has 0 radical (unpaired) electrons. The van der Waals surface area contributed by atoms with E-state index < -0.39 is 0 Å². The maximum atomic E-state index is 5.52. The zero-order valence-corrected chi connectivity index (χ0v) is 8.32. The lowest BCUT2D eigenvalue weighted by Gasteiger charge is -2.10. The van der Waals surface area contributed by atoms with Gasteiger partial charge < -0.3 is 10.5 Å². The van der Waals surface area contributed by atoms with Crippen LogP contribution in [0.15, 0.2) is 0 Å². The summed E-state index contributed by atoms with van der Waals surface area (Å²) in [5.74, 6) is 1.29. The number of nitrogens with two attached hydrogens (primary N) is 1. The highest BCUT2D eigenvalue weighted by Gasteiger charge is 2.11. The third kappa shape index (κ3) is 2.18. The summed E-state index contributed by atoms with van der Waals surface area (Å²) in [5.41, 5.74) is 5.52. The van der Waals surface area contributed by atoms with Crippen LogP contribution in [0.3, 0.4) is 0 Å². The SMILES string of the molecule is COc1nnc(CN)n1CC(C)C. The third-order valence-corrected chi connectivity index (χ3v) is 1.71. The number of ether oxygens (including phenoxy) is 1. The highest BCUT2D eigenvalue weighted by Crippen LogP contribution is 2.12. The molecule has 74 valence electrons. The van der Waals surface area contributed by atoms with E-state index in [1.807, 2.05) is 4.57 Å². The van der Waals surface area contributed by atoms with Crippen molar-refractivity contribution in [2.75, 3.05) is 7.11 Å². The predicted octanol–water partition coefficient (Wildman–Crippen LogP) is 0.401. The lowest BCUT2D eigenvalue weighted by atomic mass is 10.2. The van der Waals surface area contributed by atoms with E-state index in [2.05, 4.69) is 24.0 Å². The molecule has 0 atom stereocenters. The van der Waals surface area contributed by atoms with E-state index in [1.54, 1.807) is 7.11 Å². The fraction of sp³-hybridized carbons (Fsp3) is 0.750. The maximum absolute atomic E-state index is 5.52. The zero-order chi connectivity index (χ0) is 9.84. The van der Waals surface area contributed by atoms with Gasteiger partial charge in [0.15, 0.2) is 0 Å². The number of hydrogen-bond acceptors (Lipinski definition) is 4. The van der Waals surface area contributed by atoms with Crippen molar-refractivity contribution in [3.63, 3.8) is 0 Å². The van der Waals surface area contributed by atoms with Crippen LogP contribution in [0.5, 0.6) is 6.01 Å². The first kappa shape index (κ1) is 9.98. The van der Waals surface area contributed by atoms with Crippen LogP contribution in [0.25, 0.3) is 0 Å². The second-order valence-electron chi connectivity index (χ2n) is 3.31. The Morgan fingerprint density at radius 1 is 1.46 bits per heavy atom. The molecule has 0 spiro atoms. The van der Waals surface area contributed by atoms with Crippen molar-refractivity contribution < 1.29 is 4.74 Å². The molecule has 0 saturated carbocycles. The minimum atomic E-state index is 0.392. The van der Waals surface area contributed by atoms with Gasteiger partial charge in [0.05, 0.1) is 13.7 Å². The van der Waals surface area contributed by atoms with Gasteiger partial charge in [0.2, 0.25) is 0 Å². The number of nitrogens with zero attached hydrogens (tertiary/aromatic N) is 3. The Hall–Kier alpha value is -1.10. The van der Waals surface area contributed by atoms with Crippen molar-refractivity contribution in [3.8, 4) is 6.01 Å². The Morgan fingerprint density at radius 2 is 2.15 bits per heavy atom. The van der Waals surface area contributed by atoms with Gasteiger partial charge in [-0.1, -0.05) is 18.9 Å². The molecule has 0 unspecified atom stereocenters. The minimum absolute atomic E-state index is 0.392. The second-order valence-corrected chi connectivity index (χ2v) is 3.31. The molecule has 0 fully saturated rings. The molecule has 0 aliphatic heterocycles. The molecular weight excluding hydrogens is 168 g/mol. The molecular formula is C8H16N4O. The molecule has 0 aliphatic carbocycles. The molecule has 5 heteroatoms. The topological polar surface area (TPSA) is 66.0 Å². The molecule has 0 aliphatic rings. The molecule has 0 saturated heterocycles. The highest BCUT2D eigenvalue weighted by molar-refractivity contribution is 5.00. The Balaban J connectivity index is 2.91. The van der Waals surface area contributed by atoms with Crippen LogP contribution in [-0.2, 0) is 13.1 Å². The largest absolute Gasteiger partial charge is 0.467 e. The van der Waals surface area contributed by atoms with Gasteiger partial charge in [0.1, 0.15) is 5.82 Å². The quantitative estimate of drug-likeness (QED) is 0.735. The fourth-order valence-corrected chi connectivity index (χ4v) is 1.17. The summed E-state index contributed by atoms with van der Waals surface area (Å²) in [6.45, 7) is 5.48. The molecule has 1 rings (SSSR count). The average Bonchev–Trinajstić information content (AvgIpc) is 2.46. The zero-order valence-electron chi connectivity index (χ0n) is 8.32. The van der Waals surface area contributed by atoms with Crippen molar-refractivity contribution in [3.05, 3.63) is 5.82 Å². The van der Waals surface area contributed by atoms with E-state index in [-0.39, 0.29) is 0 Å². The lowest BCUT2D eigenvalue weighted by Crippen LogP contribution is -2.12. The molecule has 1 heterocycles. The van der Waals surface area contributed by atoms with Crippen molar-refractivity contribution >= 4 is 0 Å². The van der Waals surface area contributed by atoms with Gasteiger partial charge in [-0.3, -0.25) is 4.57 Å². The van der Waals surface area contributed by atoms with Crippen LogP contribution >= 0.6 is 0 Å². The molecule has 0 amide bonds. The van der Waals surface area contributed by atoms with E-state index in [9.17, 15) is 0 Å². The van der Waals surface area contributed by atoms with Crippen LogP contribution in [0.4, 0.5) is 0 Å². The summed E-state index contributed by atoms with van der Waals surface area (Å²) >= 11 is 0. The molecule has 1 aromatic rings. The van der Waals surface area contributed by atoms with Crippen LogP contribution in [0.2, 0.25) is 0 Å². The normalized spacial score (nSPS) is 10.8. The fourth-order valence-electron chi connectivity index (χ4n) is 1.17. The first-order chi connectivity index (χ1) is 6.19. The number of hydrogen-bond donors (Lipinski definition) is 1. The lowest BCUT2D eigenvalue weighted by molar-refractivity contribution is 0.341. The van der Waals surface area contributed by atoms with Crippen LogP contribution < -0.4 is 10.5 Å². The first-order valence-electron chi connectivity index (χ1n) is 4.35. The molecule has 1 aromatic heterocycles. The standard InChI is InChI=1S/C8H16N4O/c1-6(2)5-12-7(4-9)10-11-8(12)13-3/h6H,4-5,9H2,1-3H3. The van der Waals surface area contributed by atoms with Crippen molar-refractivity contribution in [1.82, 2.24) is 14.8 Å². The van der Waals surface area contributed by atoms with Gasteiger partial charge in [-0.05, 0) is 5.92 Å². The van der Waals surface area contributed by atoms with Gasteiger partial charge >= 0.3 is 6.01 Å². The average molecular weight is 184 g/mol. The molecule has 2 N–H and O–H groups in total. The Kier molecular flexibility index (Phi) is 3.25. The van der Waals surface area contributed by atoms with Crippen molar-refractivity contribution in [2.45, 2.75) is 26.9 Å². The Morgan fingerprint density at radius 3 is 2.62 bits per heavy atom. The van der Waals surface area contributed by atoms with Crippen molar-refractivity contribution in [1.29, 1.82) is 0 Å². The van der Waals surface area contributed by atoms with Crippen LogP contribution in [0.1, 0.15) is 19.7 Å². The van der Waals surface area contributed by atoms with E-state index in [4.69, 9.17) is 10.5 Å². The maximum Gasteiger partial charge on any atom is 0.316 e. The molecule has 0 aromatic carbocycles. The van der Waals surface area contributed by atoms with E-state index in [0.29, 0.717) is 18.5 Å². The van der Waals surface area contributed by atoms with Gasteiger partial charge in [-0.15, -0.1) is 5.10 Å². The van der Waals surface area contributed by atoms with Gasteiger partial charge in [-0.25, -0.2) is 0 Å². The minimum Gasteiger partial charge on any atom is -0.467 e. The summed E-state index contributed by atoms with van der Waals surface area (Å²) in [7, 11) is 1.58. The molecule has 5 nitrogen and oxygen atoms in total. The van der Waals surface area contributed by atoms with E-state index in [0.717, 1.165) is 12.4 Å². The number of aromatic nitrogens is 3. The van der Waals surface area contributed by atoms with Gasteiger partial charge in [0.25, 0.3) is 0 Å². The summed E-state index contributed by atoms with van der Waals surface area (Å²) in [6, 6.07) is 0.536. The summed E-state index contributed by atoms with van der Waals surface area (Å²) in [5, 5.41) is 7.79. The summed E-state index contributed by atoms with van der Waals surface area (Å²) in [4.78, 5) is 0. The highest BCUT2D eigenvalue weighted by atomic mass is 16.5. The number of methoxy groups -OCH3 is 1. The smallest absolute Gasteiger partial charge is 0.316 e. The monoisotopic (exact) mass is 184 g/mol. The van der Waals surface area contributed by atoms with Gasteiger partial charge in [-0.2, -0.15) is 0 Å². The van der Waals surface area contributed by atoms with E-state index in [1.165, 1.54) is 0 Å². The molecule has 0 bridgehead atoms. The Labute approximate surface area is 77.9 Å². The summed E-state index contributed by atoms with van der Waals surface area (Å²) < 4.78 is 6.97. The predicted molar refractivity (Wildman–Crippen MR) is 49.3 cm³/mol. The van der Waals surface area contributed by atoms with E-state index >= 15 is 0 Å². The van der Waals surface area contributed by atoms with Gasteiger partial charge in [0, 0.05) is 6.54 Å². The third-order valence-electron chi connectivity index (χ3n) is 1.71. The molecule has 13 heavy (non-hydrogen) atoms. The van der Waals surface area contributed by atoms with Crippen molar-refractivity contribution in [2.24, 2.45) is 11.7 Å².